The number of amides is 1. The Balaban J connectivity index is 1.48. The third-order valence-corrected chi connectivity index (χ3v) is 4.71. The number of aromatic nitrogens is 6. The molecule has 0 aliphatic carbocycles. The predicted molar refractivity (Wildman–Crippen MR) is 100 cm³/mol. The molecule has 0 saturated carbocycles. The van der Waals surface area contributed by atoms with Crippen LogP contribution in [0.1, 0.15) is 25.8 Å². The van der Waals surface area contributed by atoms with Crippen LogP contribution in [0.3, 0.4) is 0 Å². The van der Waals surface area contributed by atoms with Crippen LogP contribution in [-0.4, -0.2) is 53.4 Å². The Kier molecular flexibility index (Phi) is 4.57. The minimum Gasteiger partial charge on any atom is -0.340 e. The van der Waals surface area contributed by atoms with Crippen molar-refractivity contribution in [1.82, 2.24) is 34.4 Å². The summed E-state index contributed by atoms with van der Waals surface area (Å²) >= 11 is 0. The lowest BCUT2D eigenvalue weighted by molar-refractivity contribution is -0.129. The van der Waals surface area contributed by atoms with E-state index in [1.807, 2.05) is 42.0 Å². The number of nitrogens with one attached hydrogen (secondary N) is 1. The molecule has 0 spiro atoms. The summed E-state index contributed by atoms with van der Waals surface area (Å²) in [6, 6.07) is 2.07. The van der Waals surface area contributed by atoms with E-state index in [-0.39, 0.29) is 11.9 Å². The molecule has 27 heavy (non-hydrogen) atoms. The third kappa shape index (κ3) is 3.67. The zero-order valence-corrected chi connectivity index (χ0v) is 15.4. The highest BCUT2D eigenvalue weighted by atomic mass is 16.2. The fraction of sp³-hybridized carbons (Fsp3) is 0.389. The fourth-order valence-electron chi connectivity index (χ4n) is 3.27. The van der Waals surface area contributed by atoms with Gasteiger partial charge >= 0.3 is 0 Å². The van der Waals surface area contributed by atoms with Crippen LogP contribution >= 0.6 is 0 Å². The molecule has 1 fully saturated rings. The monoisotopic (exact) mass is 366 g/mol. The second kappa shape index (κ2) is 7.18. The number of likely N-dealkylation sites (tertiary alicyclic amines) is 1. The maximum Gasteiger partial charge on any atom is 0.227 e. The Morgan fingerprint density at radius 2 is 2.19 bits per heavy atom. The molecule has 1 amide bonds. The summed E-state index contributed by atoms with van der Waals surface area (Å²) in [6.07, 6.45) is 10.6. The Morgan fingerprint density at radius 3 is 2.96 bits per heavy atom. The molecule has 4 heterocycles. The summed E-state index contributed by atoms with van der Waals surface area (Å²) in [4.78, 5) is 22.6. The van der Waals surface area contributed by atoms with Gasteiger partial charge < -0.3 is 10.2 Å². The molecule has 1 atom stereocenters. The second-order valence-electron chi connectivity index (χ2n) is 6.64. The summed E-state index contributed by atoms with van der Waals surface area (Å²) < 4.78 is 3.65. The summed E-state index contributed by atoms with van der Waals surface area (Å²) in [6.45, 7) is 3.40. The number of carbonyl (C=O) groups is 1. The molecule has 1 N–H and O–H groups in total. The maximum atomic E-state index is 11.9. The molecule has 140 valence electrons. The van der Waals surface area contributed by atoms with E-state index in [4.69, 9.17) is 0 Å². The predicted octanol–water partition coefficient (Wildman–Crippen LogP) is 2.00. The topological polar surface area (TPSA) is 93.8 Å². The van der Waals surface area contributed by atoms with Crippen LogP contribution in [0, 0.1) is 0 Å². The second-order valence-corrected chi connectivity index (χ2v) is 6.64. The zero-order chi connectivity index (χ0) is 18.8. The van der Waals surface area contributed by atoms with Gasteiger partial charge in [-0.15, -0.1) is 0 Å². The van der Waals surface area contributed by atoms with E-state index in [1.54, 1.807) is 23.3 Å². The lowest BCUT2D eigenvalue weighted by atomic mass is 10.2. The zero-order valence-electron chi connectivity index (χ0n) is 15.4. The van der Waals surface area contributed by atoms with Gasteiger partial charge in [-0.25, -0.2) is 9.97 Å². The lowest BCUT2D eigenvalue weighted by Crippen LogP contribution is -2.28. The molecule has 3 aromatic heterocycles. The standard InChI is InChI=1S/C18H22N8O/c1-3-17(27)25-7-5-15(12-25)26-10-13(8-21-26)16-4-6-19-18(23-16)22-14-9-20-24(2)11-14/h4,6,8-11,15H,3,5,7,12H2,1-2H3,(H,19,22,23). The highest BCUT2D eigenvalue weighted by Gasteiger charge is 2.27. The molecule has 1 aliphatic rings. The van der Waals surface area contributed by atoms with Gasteiger partial charge in [-0.05, 0) is 12.5 Å². The van der Waals surface area contributed by atoms with Crippen molar-refractivity contribution in [2.75, 3.05) is 18.4 Å². The first-order valence-corrected chi connectivity index (χ1v) is 9.03. The molecule has 1 unspecified atom stereocenters. The molecule has 4 rings (SSSR count). The average Bonchev–Trinajstić information content (AvgIpc) is 3.41. The SMILES string of the molecule is CCC(=O)N1CCC(n2cc(-c3ccnc(Nc4cnn(C)c4)n3)cn2)C1. The molecule has 9 nitrogen and oxygen atoms in total. The summed E-state index contributed by atoms with van der Waals surface area (Å²) in [5, 5.41) is 11.8. The van der Waals surface area contributed by atoms with Crippen molar-refractivity contribution in [3.63, 3.8) is 0 Å². The van der Waals surface area contributed by atoms with E-state index < -0.39 is 0 Å². The van der Waals surface area contributed by atoms with Gasteiger partial charge in [-0.2, -0.15) is 10.2 Å². The lowest BCUT2D eigenvalue weighted by Gasteiger charge is -2.15. The molecule has 0 aromatic carbocycles. The molecule has 0 radical (unpaired) electrons. The molecular weight excluding hydrogens is 344 g/mol. The molecule has 3 aromatic rings. The largest absolute Gasteiger partial charge is 0.340 e. The average molecular weight is 366 g/mol. The molecule has 1 saturated heterocycles. The van der Waals surface area contributed by atoms with E-state index in [1.165, 1.54) is 0 Å². The van der Waals surface area contributed by atoms with Crippen molar-refractivity contribution in [3.8, 4) is 11.3 Å². The van der Waals surface area contributed by atoms with Gasteiger partial charge in [0, 0.05) is 50.7 Å². The summed E-state index contributed by atoms with van der Waals surface area (Å²) in [5.74, 6) is 0.709. The van der Waals surface area contributed by atoms with Crippen molar-refractivity contribution in [2.24, 2.45) is 7.05 Å². The van der Waals surface area contributed by atoms with Gasteiger partial charge in [0.25, 0.3) is 0 Å². The fourth-order valence-corrected chi connectivity index (χ4v) is 3.27. The summed E-state index contributed by atoms with van der Waals surface area (Å²) in [7, 11) is 1.86. The van der Waals surface area contributed by atoms with E-state index in [0.717, 1.165) is 29.9 Å². The molecular formula is C18H22N8O. The van der Waals surface area contributed by atoms with Gasteiger partial charge in [0.2, 0.25) is 11.9 Å². The highest BCUT2D eigenvalue weighted by molar-refractivity contribution is 5.76. The van der Waals surface area contributed by atoms with Gasteiger partial charge in [0.05, 0.1) is 29.8 Å². The van der Waals surface area contributed by atoms with Crippen LogP contribution in [0.25, 0.3) is 11.3 Å². The number of aryl methyl sites for hydroxylation is 1. The van der Waals surface area contributed by atoms with Crippen LogP contribution in [0.2, 0.25) is 0 Å². The van der Waals surface area contributed by atoms with E-state index in [2.05, 4.69) is 25.5 Å². The van der Waals surface area contributed by atoms with Crippen molar-refractivity contribution in [3.05, 3.63) is 37.1 Å². The number of nitrogens with zero attached hydrogens (tertiary/aromatic N) is 7. The van der Waals surface area contributed by atoms with Gasteiger partial charge in [-0.3, -0.25) is 14.2 Å². The van der Waals surface area contributed by atoms with Crippen LogP contribution in [-0.2, 0) is 11.8 Å². The minimum atomic E-state index is 0.201. The van der Waals surface area contributed by atoms with Crippen molar-refractivity contribution < 1.29 is 4.79 Å². The van der Waals surface area contributed by atoms with E-state index in [9.17, 15) is 4.79 Å². The smallest absolute Gasteiger partial charge is 0.227 e. The number of hydrogen-bond acceptors (Lipinski definition) is 6. The minimum absolute atomic E-state index is 0.201. The Bertz CT molecular complexity index is 946. The number of rotatable bonds is 5. The quantitative estimate of drug-likeness (QED) is 0.742. The number of hydrogen-bond donors (Lipinski definition) is 1. The van der Waals surface area contributed by atoms with Crippen LogP contribution in [0.5, 0.6) is 0 Å². The van der Waals surface area contributed by atoms with Crippen LogP contribution in [0.4, 0.5) is 11.6 Å². The third-order valence-electron chi connectivity index (χ3n) is 4.71. The maximum absolute atomic E-state index is 11.9. The first kappa shape index (κ1) is 17.2. The summed E-state index contributed by atoms with van der Waals surface area (Å²) in [5.41, 5.74) is 2.55. The van der Waals surface area contributed by atoms with Gasteiger partial charge in [0.1, 0.15) is 0 Å². The molecule has 1 aliphatic heterocycles. The number of anilines is 2. The van der Waals surface area contributed by atoms with E-state index in [0.29, 0.717) is 18.9 Å². The highest BCUT2D eigenvalue weighted by Crippen LogP contribution is 2.25. The Hall–Kier alpha value is -3.23. The Labute approximate surface area is 157 Å². The first-order valence-electron chi connectivity index (χ1n) is 9.03. The Morgan fingerprint density at radius 1 is 1.30 bits per heavy atom. The molecule has 9 heteroatoms. The first-order chi connectivity index (χ1) is 13.1. The van der Waals surface area contributed by atoms with Gasteiger partial charge in [0.15, 0.2) is 0 Å². The molecule has 0 bridgehead atoms. The van der Waals surface area contributed by atoms with Gasteiger partial charge in [-0.1, -0.05) is 6.92 Å². The van der Waals surface area contributed by atoms with Crippen molar-refractivity contribution >= 4 is 17.5 Å². The van der Waals surface area contributed by atoms with Crippen molar-refractivity contribution in [2.45, 2.75) is 25.8 Å². The number of carbonyl (C=O) groups excluding carboxylic acids is 1. The van der Waals surface area contributed by atoms with E-state index >= 15 is 0 Å². The normalized spacial score (nSPS) is 16.7. The van der Waals surface area contributed by atoms with Crippen LogP contribution < -0.4 is 5.32 Å². The van der Waals surface area contributed by atoms with Crippen molar-refractivity contribution in [1.29, 1.82) is 0 Å². The van der Waals surface area contributed by atoms with Crippen LogP contribution in [0.15, 0.2) is 37.1 Å².